The molecule has 110 valence electrons. The van der Waals surface area contributed by atoms with Gasteiger partial charge in [-0.3, -0.25) is 4.90 Å². The lowest BCUT2D eigenvalue weighted by Gasteiger charge is -2.35. The molecule has 21 heavy (non-hydrogen) atoms. The van der Waals surface area contributed by atoms with E-state index in [-0.39, 0.29) is 17.7 Å². The van der Waals surface area contributed by atoms with Gasteiger partial charge in [0.15, 0.2) is 0 Å². The summed E-state index contributed by atoms with van der Waals surface area (Å²) in [4.78, 5) is 2.28. The van der Waals surface area contributed by atoms with Gasteiger partial charge < -0.3 is 4.74 Å². The molecule has 0 radical (unpaired) electrons. The molecule has 0 bridgehead atoms. The molecule has 1 heterocycles. The number of benzene rings is 2. The molecule has 0 aromatic heterocycles. The second-order valence-corrected chi connectivity index (χ2v) is 5.15. The first-order chi connectivity index (χ1) is 10.2. The minimum atomic E-state index is -0.251. The number of halogens is 2. The van der Waals surface area contributed by atoms with Crippen LogP contribution in [0.5, 0.6) is 0 Å². The predicted octanol–water partition coefficient (Wildman–Crippen LogP) is 3.39. The van der Waals surface area contributed by atoms with E-state index >= 15 is 0 Å². The molecule has 0 spiro atoms. The Hall–Kier alpha value is -1.78. The third kappa shape index (κ3) is 3.28. The van der Waals surface area contributed by atoms with Gasteiger partial charge >= 0.3 is 0 Å². The zero-order valence-corrected chi connectivity index (χ0v) is 11.6. The minimum absolute atomic E-state index is 0.00454. The Bertz CT molecular complexity index is 531. The molecule has 0 aliphatic carbocycles. The number of rotatable bonds is 3. The number of hydrogen-bond acceptors (Lipinski definition) is 2. The maximum absolute atomic E-state index is 13.2. The highest BCUT2D eigenvalue weighted by Crippen LogP contribution is 2.29. The third-order valence-electron chi connectivity index (χ3n) is 3.78. The third-order valence-corrected chi connectivity index (χ3v) is 3.78. The van der Waals surface area contributed by atoms with Gasteiger partial charge in [-0.05, 0) is 35.4 Å². The summed E-state index contributed by atoms with van der Waals surface area (Å²) < 4.78 is 31.7. The zero-order chi connectivity index (χ0) is 14.7. The molecule has 2 aromatic rings. The lowest BCUT2D eigenvalue weighted by molar-refractivity contribution is 0.0239. The van der Waals surface area contributed by atoms with Crippen LogP contribution in [0.1, 0.15) is 17.2 Å². The van der Waals surface area contributed by atoms with E-state index in [1.165, 1.54) is 24.3 Å². The fraction of sp³-hybridized carbons (Fsp3) is 0.294. The summed E-state index contributed by atoms with van der Waals surface area (Å²) >= 11 is 0. The van der Waals surface area contributed by atoms with Crippen LogP contribution in [-0.2, 0) is 4.74 Å². The van der Waals surface area contributed by atoms with Crippen molar-refractivity contribution in [2.24, 2.45) is 0 Å². The average Bonchev–Trinajstić information content (AvgIpc) is 2.52. The van der Waals surface area contributed by atoms with Crippen LogP contribution < -0.4 is 0 Å². The fourth-order valence-electron chi connectivity index (χ4n) is 2.74. The van der Waals surface area contributed by atoms with Crippen LogP contribution >= 0.6 is 0 Å². The SMILES string of the molecule is Fc1ccc(C(c2ccc(F)cc2)N2CCOCC2)cc1. The monoisotopic (exact) mass is 289 g/mol. The molecule has 0 unspecified atom stereocenters. The molecule has 2 aromatic carbocycles. The molecular formula is C17H17F2NO. The Morgan fingerprint density at radius 2 is 1.19 bits per heavy atom. The highest BCUT2D eigenvalue weighted by molar-refractivity contribution is 5.32. The first-order valence-electron chi connectivity index (χ1n) is 7.07. The molecule has 3 rings (SSSR count). The summed E-state index contributed by atoms with van der Waals surface area (Å²) in [6.45, 7) is 2.97. The summed E-state index contributed by atoms with van der Waals surface area (Å²) in [5.41, 5.74) is 2.01. The minimum Gasteiger partial charge on any atom is -0.379 e. The van der Waals surface area contributed by atoms with E-state index in [1.54, 1.807) is 24.3 Å². The van der Waals surface area contributed by atoms with Crippen molar-refractivity contribution in [3.8, 4) is 0 Å². The van der Waals surface area contributed by atoms with Crippen molar-refractivity contribution in [1.82, 2.24) is 4.90 Å². The van der Waals surface area contributed by atoms with E-state index in [9.17, 15) is 8.78 Å². The van der Waals surface area contributed by atoms with Crippen molar-refractivity contribution in [1.29, 1.82) is 0 Å². The van der Waals surface area contributed by atoms with Gasteiger partial charge in [-0.1, -0.05) is 24.3 Å². The van der Waals surface area contributed by atoms with Crippen LogP contribution in [0, 0.1) is 11.6 Å². The number of morpholine rings is 1. The number of hydrogen-bond donors (Lipinski definition) is 0. The van der Waals surface area contributed by atoms with Crippen molar-refractivity contribution in [3.63, 3.8) is 0 Å². The predicted molar refractivity (Wildman–Crippen MR) is 77.0 cm³/mol. The topological polar surface area (TPSA) is 12.5 Å². The van der Waals surface area contributed by atoms with Crippen LogP contribution in [0.25, 0.3) is 0 Å². The zero-order valence-electron chi connectivity index (χ0n) is 11.6. The standard InChI is InChI=1S/C17H17F2NO/c18-15-5-1-13(2-6-15)17(20-9-11-21-12-10-20)14-3-7-16(19)8-4-14/h1-8,17H,9-12H2. The van der Waals surface area contributed by atoms with Crippen LogP contribution in [0.15, 0.2) is 48.5 Å². The van der Waals surface area contributed by atoms with E-state index < -0.39 is 0 Å². The van der Waals surface area contributed by atoms with Crippen LogP contribution in [0.4, 0.5) is 8.78 Å². The van der Waals surface area contributed by atoms with Crippen molar-refractivity contribution in [2.75, 3.05) is 26.3 Å². The lowest BCUT2D eigenvalue weighted by atomic mass is 9.96. The first-order valence-corrected chi connectivity index (χ1v) is 7.07. The number of ether oxygens (including phenoxy) is 1. The van der Waals surface area contributed by atoms with Gasteiger partial charge in [0.25, 0.3) is 0 Å². The molecule has 4 heteroatoms. The quantitative estimate of drug-likeness (QED) is 0.859. The smallest absolute Gasteiger partial charge is 0.123 e. The Kier molecular flexibility index (Phi) is 4.27. The van der Waals surface area contributed by atoms with Crippen LogP contribution in [0.2, 0.25) is 0 Å². The van der Waals surface area contributed by atoms with E-state index in [2.05, 4.69) is 4.90 Å². The second-order valence-electron chi connectivity index (χ2n) is 5.15. The molecule has 0 amide bonds. The van der Waals surface area contributed by atoms with Crippen LogP contribution in [-0.4, -0.2) is 31.2 Å². The van der Waals surface area contributed by atoms with Gasteiger partial charge in [0.2, 0.25) is 0 Å². The molecule has 1 fully saturated rings. The maximum atomic E-state index is 13.2. The first kappa shape index (κ1) is 14.2. The normalized spacial score (nSPS) is 16.3. The van der Waals surface area contributed by atoms with Gasteiger partial charge in [-0.15, -0.1) is 0 Å². The largest absolute Gasteiger partial charge is 0.379 e. The van der Waals surface area contributed by atoms with Gasteiger partial charge in [0.05, 0.1) is 19.3 Å². The van der Waals surface area contributed by atoms with Crippen molar-refractivity contribution < 1.29 is 13.5 Å². The van der Waals surface area contributed by atoms with Gasteiger partial charge in [-0.2, -0.15) is 0 Å². The van der Waals surface area contributed by atoms with E-state index in [0.29, 0.717) is 13.2 Å². The van der Waals surface area contributed by atoms with Gasteiger partial charge in [0.1, 0.15) is 11.6 Å². The molecular weight excluding hydrogens is 272 g/mol. The van der Waals surface area contributed by atoms with Gasteiger partial charge in [-0.25, -0.2) is 8.78 Å². The Balaban J connectivity index is 1.97. The second kappa shape index (κ2) is 6.33. The van der Waals surface area contributed by atoms with E-state index in [1.807, 2.05) is 0 Å². The molecule has 0 N–H and O–H groups in total. The number of nitrogens with zero attached hydrogens (tertiary/aromatic N) is 1. The van der Waals surface area contributed by atoms with E-state index in [0.717, 1.165) is 24.2 Å². The van der Waals surface area contributed by atoms with Crippen molar-refractivity contribution in [2.45, 2.75) is 6.04 Å². The summed E-state index contributed by atoms with van der Waals surface area (Å²) in [6, 6.07) is 13.0. The molecule has 1 aliphatic rings. The molecule has 0 saturated carbocycles. The lowest BCUT2D eigenvalue weighted by Crippen LogP contribution is -2.39. The molecule has 0 atom stereocenters. The van der Waals surface area contributed by atoms with Gasteiger partial charge in [0, 0.05) is 13.1 Å². The summed E-state index contributed by atoms with van der Waals surface area (Å²) in [6.07, 6.45) is 0. The molecule has 1 saturated heterocycles. The Morgan fingerprint density at radius 3 is 1.62 bits per heavy atom. The highest BCUT2D eigenvalue weighted by atomic mass is 19.1. The summed E-state index contributed by atoms with van der Waals surface area (Å²) in [5, 5.41) is 0. The van der Waals surface area contributed by atoms with E-state index in [4.69, 9.17) is 4.74 Å². The highest BCUT2D eigenvalue weighted by Gasteiger charge is 2.24. The van der Waals surface area contributed by atoms with Crippen molar-refractivity contribution in [3.05, 3.63) is 71.3 Å². The molecule has 2 nitrogen and oxygen atoms in total. The van der Waals surface area contributed by atoms with Crippen molar-refractivity contribution >= 4 is 0 Å². The van der Waals surface area contributed by atoms with Crippen LogP contribution in [0.3, 0.4) is 0 Å². The molecule has 1 aliphatic heterocycles. The Morgan fingerprint density at radius 1 is 0.762 bits per heavy atom. The average molecular weight is 289 g/mol. The Labute approximate surface area is 123 Å². The summed E-state index contributed by atoms with van der Waals surface area (Å²) in [7, 11) is 0. The maximum Gasteiger partial charge on any atom is 0.123 e. The fourth-order valence-corrected chi connectivity index (χ4v) is 2.74. The summed E-state index contributed by atoms with van der Waals surface area (Å²) in [5.74, 6) is -0.503.